The maximum atomic E-state index is 14.7. The number of anilines is 1. The van der Waals surface area contributed by atoms with E-state index in [1.54, 1.807) is 37.4 Å². The fraction of sp³-hybridized carbons (Fsp3) is 0.571. The van der Waals surface area contributed by atoms with Crippen molar-refractivity contribution in [2.75, 3.05) is 17.3 Å². The first-order valence-corrected chi connectivity index (χ1v) is 16.7. The zero-order valence-corrected chi connectivity index (χ0v) is 28.9. The molecule has 3 unspecified atom stereocenters. The van der Waals surface area contributed by atoms with Gasteiger partial charge < -0.3 is 20.3 Å². The van der Waals surface area contributed by atoms with Crippen molar-refractivity contribution in [3.8, 4) is 0 Å². The van der Waals surface area contributed by atoms with Gasteiger partial charge >= 0.3 is 6.09 Å². The molecule has 0 bridgehead atoms. The highest BCUT2D eigenvalue weighted by atomic mass is 32.2. The van der Waals surface area contributed by atoms with Gasteiger partial charge in [-0.3, -0.25) is 9.59 Å². The fourth-order valence-electron chi connectivity index (χ4n) is 5.29. The van der Waals surface area contributed by atoms with Crippen LogP contribution < -0.4 is 10.6 Å². The first-order chi connectivity index (χ1) is 20.1. The molecule has 7 nitrogen and oxygen atoms in total. The number of carbonyl (C=O) groups excluding carboxylic acids is 3. The average Bonchev–Trinajstić information content (AvgIpc) is 2.89. The van der Waals surface area contributed by atoms with Crippen LogP contribution in [-0.2, 0) is 14.3 Å². The zero-order valence-electron chi connectivity index (χ0n) is 28.1. The number of ether oxygens (including phenoxy) is 1. The smallest absolute Gasteiger partial charge is 0.408 e. The van der Waals surface area contributed by atoms with Crippen molar-refractivity contribution in [1.29, 1.82) is 0 Å². The molecular weight excluding hydrogens is 558 g/mol. The Bertz CT molecular complexity index is 1210. The largest absolute Gasteiger partial charge is 0.444 e. The SMILES string of the molecule is CSCCC(NC(=O)OC(C)(C)C)C(=O)N(C(C)CCC(C)C)C(C(=O)Nc1c(C)cccc1C)c1c(C)cccc1C. The molecule has 3 atom stereocenters. The van der Waals surface area contributed by atoms with Gasteiger partial charge in [0, 0.05) is 11.7 Å². The molecular formula is C35H53N3O4S. The van der Waals surface area contributed by atoms with Crippen molar-refractivity contribution in [3.05, 3.63) is 64.2 Å². The van der Waals surface area contributed by atoms with Crippen LogP contribution >= 0.6 is 11.8 Å². The highest BCUT2D eigenvalue weighted by Crippen LogP contribution is 2.33. The molecule has 2 aromatic carbocycles. The second-order valence-electron chi connectivity index (χ2n) is 13.0. The van der Waals surface area contributed by atoms with Crippen LogP contribution in [-0.4, -0.2) is 52.5 Å². The summed E-state index contributed by atoms with van der Waals surface area (Å²) in [4.78, 5) is 43.9. The van der Waals surface area contributed by atoms with Crippen LogP contribution in [0.25, 0.3) is 0 Å². The molecule has 2 aromatic rings. The van der Waals surface area contributed by atoms with Gasteiger partial charge in [0.25, 0.3) is 5.91 Å². The lowest BCUT2D eigenvalue weighted by Gasteiger charge is -2.40. The molecule has 0 aromatic heterocycles. The van der Waals surface area contributed by atoms with E-state index in [9.17, 15) is 14.4 Å². The van der Waals surface area contributed by atoms with Gasteiger partial charge in [-0.15, -0.1) is 0 Å². The monoisotopic (exact) mass is 611 g/mol. The number of para-hydroxylation sites is 1. The first-order valence-electron chi connectivity index (χ1n) is 15.3. The predicted molar refractivity (Wildman–Crippen MR) is 180 cm³/mol. The third-order valence-electron chi connectivity index (χ3n) is 7.56. The lowest BCUT2D eigenvalue weighted by atomic mass is 9.91. The number of benzene rings is 2. The van der Waals surface area contributed by atoms with Crippen LogP contribution in [0, 0.1) is 33.6 Å². The summed E-state index contributed by atoms with van der Waals surface area (Å²) in [5.74, 6) is 0.512. The fourth-order valence-corrected chi connectivity index (χ4v) is 5.77. The number of aryl methyl sites for hydroxylation is 4. The number of carbonyl (C=O) groups is 3. The maximum absolute atomic E-state index is 14.7. The highest BCUT2D eigenvalue weighted by molar-refractivity contribution is 7.98. The molecule has 0 fully saturated rings. The van der Waals surface area contributed by atoms with Crippen LogP contribution in [0.3, 0.4) is 0 Å². The van der Waals surface area contributed by atoms with E-state index < -0.39 is 23.8 Å². The van der Waals surface area contributed by atoms with Crippen molar-refractivity contribution < 1.29 is 19.1 Å². The van der Waals surface area contributed by atoms with E-state index in [1.807, 2.05) is 77.3 Å². The van der Waals surface area contributed by atoms with Crippen molar-refractivity contribution in [1.82, 2.24) is 10.2 Å². The summed E-state index contributed by atoms with van der Waals surface area (Å²) in [6.45, 7) is 19.6. The minimum atomic E-state index is -0.910. The lowest BCUT2D eigenvalue weighted by molar-refractivity contribution is -0.143. The number of nitrogens with zero attached hydrogens (tertiary/aromatic N) is 1. The first kappa shape index (κ1) is 36.2. The molecule has 0 radical (unpaired) electrons. The van der Waals surface area contributed by atoms with Crippen molar-refractivity contribution in [2.24, 2.45) is 5.92 Å². The standard InChI is InChI=1S/C35H53N3O4S/c1-22(2)18-19-27(7)38(33(40)28(20-21-43-11)36-34(41)42-35(8,9)10)31(29-23(3)14-12-15-24(29)4)32(39)37-30-25(5)16-13-17-26(30)6/h12-17,22,27-28,31H,18-21H2,1-11H3,(H,36,41)(H,37,39). The van der Waals surface area contributed by atoms with Crippen LogP contribution in [0.1, 0.15) is 94.7 Å². The number of alkyl carbamates (subject to hydrolysis) is 1. The number of thioether (sulfide) groups is 1. The second-order valence-corrected chi connectivity index (χ2v) is 14.0. The Labute approximate surface area is 263 Å². The van der Waals surface area contributed by atoms with E-state index in [1.165, 1.54) is 0 Å². The number of nitrogens with one attached hydrogen (secondary N) is 2. The van der Waals surface area contributed by atoms with Gasteiger partial charge in [-0.25, -0.2) is 4.79 Å². The number of hydrogen-bond acceptors (Lipinski definition) is 5. The van der Waals surface area contributed by atoms with E-state index in [2.05, 4.69) is 24.5 Å². The Kier molecular flexibility index (Phi) is 13.6. The Balaban J connectivity index is 2.73. The minimum absolute atomic E-state index is 0.277. The molecule has 0 aliphatic rings. The summed E-state index contributed by atoms with van der Waals surface area (Å²) >= 11 is 1.60. The van der Waals surface area contributed by atoms with Gasteiger partial charge in [0.1, 0.15) is 17.7 Å². The maximum Gasteiger partial charge on any atom is 0.408 e. The Hall–Kier alpha value is -3.00. The summed E-state index contributed by atoms with van der Waals surface area (Å²) in [5.41, 5.74) is 4.59. The summed E-state index contributed by atoms with van der Waals surface area (Å²) in [6.07, 6.45) is 3.33. The molecule has 0 aliphatic carbocycles. The predicted octanol–water partition coefficient (Wildman–Crippen LogP) is 7.90. The molecule has 3 amide bonds. The van der Waals surface area contributed by atoms with Crippen LogP contribution in [0.2, 0.25) is 0 Å². The molecule has 2 rings (SSSR count). The van der Waals surface area contributed by atoms with E-state index >= 15 is 0 Å². The molecule has 2 N–H and O–H groups in total. The van der Waals surface area contributed by atoms with Gasteiger partial charge in [0.2, 0.25) is 5.91 Å². The third kappa shape index (κ3) is 10.6. The van der Waals surface area contributed by atoms with Crippen molar-refractivity contribution in [2.45, 2.75) is 112 Å². The van der Waals surface area contributed by atoms with Crippen molar-refractivity contribution in [3.63, 3.8) is 0 Å². The zero-order chi connectivity index (χ0) is 32.5. The van der Waals surface area contributed by atoms with E-state index in [4.69, 9.17) is 4.74 Å². The summed E-state index contributed by atoms with van der Waals surface area (Å²) in [5, 5.41) is 6.04. The van der Waals surface area contributed by atoms with Crippen LogP contribution in [0.15, 0.2) is 36.4 Å². The molecule has 0 spiro atoms. The van der Waals surface area contributed by atoms with Crippen LogP contribution in [0.4, 0.5) is 10.5 Å². The second kappa shape index (κ2) is 16.2. The summed E-state index contributed by atoms with van der Waals surface area (Å²) in [6, 6.07) is 9.78. The molecule has 43 heavy (non-hydrogen) atoms. The van der Waals surface area contributed by atoms with Gasteiger partial charge in [-0.2, -0.15) is 11.8 Å². The summed E-state index contributed by atoms with van der Waals surface area (Å²) in [7, 11) is 0. The average molecular weight is 612 g/mol. The molecule has 0 saturated heterocycles. The van der Waals surface area contributed by atoms with E-state index in [0.717, 1.165) is 39.9 Å². The van der Waals surface area contributed by atoms with E-state index in [0.29, 0.717) is 24.5 Å². The van der Waals surface area contributed by atoms with Crippen LogP contribution in [0.5, 0.6) is 0 Å². The molecule has 0 heterocycles. The third-order valence-corrected chi connectivity index (χ3v) is 8.21. The topological polar surface area (TPSA) is 87.7 Å². The normalized spacial score (nSPS) is 13.7. The Morgan fingerprint density at radius 3 is 1.88 bits per heavy atom. The molecule has 0 aliphatic heterocycles. The number of hydrogen-bond donors (Lipinski definition) is 2. The highest BCUT2D eigenvalue weighted by Gasteiger charge is 2.40. The Morgan fingerprint density at radius 2 is 1.40 bits per heavy atom. The molecule has 0 saturated carbocycles. The lowest BCUT2D eigenvalue weighted by Crippen LogP contribution is -2.55. The minimum Gasteiger partial charge on any atom is -0.444 e. The summed E-state index contributed by atoms with van der Waals surface area (Å²) < 4.78 is 5.55. The molecule has 238 valence electrons. The quantitative estimate of drug-likeness (QED) is 0.240. The number of amides is 3. The number of rotatable bonds is 13. The van der Waals surface area contributed by atoms with E-state index in [-0.39, 0.29) is 17.9 Å². The van der Waals surface area contributed by atoms with Gasteiger partial charge in [-0.1, -0.05) is 50.2 Å². The van der Waals surface area contributed by atoms with Crippen molar-refractivity contribution >= 4 is 35.4 Å². The Morgan fingerprint density at radius 1 is 0.860 bits per heavy atom. The molecule has 8 heteroatoms. The van der Waals surface area contributed by atoms with Gasteiger partial charge in [0.05, 0.1) is 0 Å². The van der Waals surface area contributed by atoms with Gasteiger partial charge in [-0.05, 0) is 120 Å². The van der Waals surface area contributed by atoms with Gasteiger partial charge in [0.15, 0.2) is 0 Å².